The second kappa shape index (κ2) is 9.06. The molecule has 4 heteroatoms. The smallest absolute Gasteiger partial charge is 0.123 e. The van der Waals surface area contributed by atoms with E-state index in [4.69, 9.17) is 4.74 Å². The van der Waals surface area contributed by atoms with Crippen molar-refractivity contribution in [2.45, 2.75) is 63.0 Å². The highest BCUT2D eigenvalue weighted by Crippen LogP contribution is 2.48. The van der Waals surface area contributed by atoms with E-state index in [0.717, 1.165) is 50.6 Å². The number of halogens is 1. The third kappa shape index (κ3) is 4.56. The molecule has 28 heavy (non-hydrogen) atoms. The van der Waals surface area contributed by atoms with Crippen molar-refractivity contribution in [3.8, 4) is 5.75 Å². The summed E-state index contributed by atoms with van der Waals surface area (Å²) in [5.74, 6) is 0.131. The first-order chi connectivity index (χ1) is 13.5. The van der Waals surface area contributed by atoms with Gasteiger partial charge >= 0.3 is 0 Å². The molecule has 1 fully saturated rings. The standard InChI is InChI=1S/C24H32FNO2/c1-3-24(28-2)14-6-13-23(18-24,20-9-11-21(25)12-10-20)15-16-26-17-19-7-4-5-8-22(19)27/h4-5,7-12,26-27H,3,6,13-18H2,1-2H3. The first kappa shape index (κ1) is 20.8. The first-order valence-corrected chi connectivity index (χ1v) is 10.3. The van der Waals surface area contributed by atoms with Crippen molar-refractivity contribution in [1.82, 2.24) is 5.32 Å². The van der Waals surface area contributed by atoms with Crippen LogP contribution in [0.25, 0.3) is 0 Å². The Morgan fingerprint density at radius 1 is 1.11 bits per heavy atom. The molecular formula is C24H32FNO2. The van der Waals surface area contributed by atoms with Crippen LogP contribution < -0.4 is 5.32 Å². The summed E-state index contributed by atoms with van der Waals surface area (Å²) in [5.41, 5.74) is 1.98. The molecule has 3 nitrogen and oxygen atoms in total. The molecule has 0 amide bonds. The molecule has 0 radical (unpaired) electrons. The van der Waals surface area contributed by atoms with Gasteiger partial charge in [0.15, 0.2) is 0 Å². The molecule has 2 N–H and O–H groups in total. The van der Waals surface area contributed by atoms with Crippen molar-refractivity contribution in [2.75, 3.05) is 13.7 Å². The zero-order chi connectivity index (χ0) is 20.0. The summed E-state index contributed by atoms with van der Waals surface area (Å²) in [7, 11) is 1.82. The molecule has 0 saturated heterocycles. The molecule has 2 aromatic rings. The quantitative estimate of drug-likeness (QED) is 0.605. The van der Waals surface area contributed by atoms with Crippen LogP contribution in [0, 0.1) is 5.82 Å². The van der Waals surface area contributed by atoms with Crippen LogP contribution in [0.3, 0.4) is 0 Å². The third-order valence-electron chi connectivity index (χ3n) is 6.57. The van der Waals surface area contributed by atoms with Crippen LogP contribution in [0.1, 0.15) is 56.6 Å². The molecule has 0 spiro atoms. The number of ether oxygens (including phenoxy) is 1. The van der Waals surface area contributed by atoms with Crippen molar-refractivity contribution in [3.05, 3.63) is 65.5 Å². The molecule has 0 heterocycles. The Morgan fingerprint density at radius 3 is 2.54 bits per heavy atom. The minimum Gasteiger partial charge on any atom is -0.508 e. The average molecular weight is 386 g/mol. The Bertz CT molecular complexity index is 757. The minimum absolute atomic E-state index is 0.0241. The monoisotopic (exact) mass is 385 g/mol. The number of benzene rings is 2. The van der Waals surface area contributed by atoms with Crippen LogP contribution in [0.15, 0.2) is 48.5 Å². The van der Waals surface area contributed by atoms with Crippen molar-refractivity contribution in [2.24, 2.45) is 0 Å². The lowest BCUT2D eigenvalue weighted by molar-refractivity contribution is -0.0664. The minimum atomic E-state index is -0.194. The number of rotatable bonds is 8. The van der Waals surface area contributed by atoms with Crippen LogP contribution in [0.2, 0.25) is 0 Å². The Hall–Kier alpha value is -1.91. The fourth-order valence-electron chi connectivity index (χ4n) is 4.78. The van der Waals surface area contributed by atoms with E-state index in [2.05, 4.69) is 12.2 Å². The second-order valence-electron chi connectivity index (χ2n) is 8.11. The fraction of sp³-hybridized carbons (Fsp3) is 0.500. The number of methoxy groups -OCH3 is 1. The van der Waals surface area contributed by atoms with Crippen molar-refractivity contribution in [3.63, 3.8) is 0 Å². The van der Waals surface area contributed by atoms with E-state index in [1.165, 1.54) is 5.56 Å². The Morgan fingerprint density at radius 2 is 1.86 bits per heavy atom. The van der Waals surface area contributed by atoms with Crippen molar-refractivity contribution in [1.29, 1.82) is 0 Å². The zero-order valence-electron chi connectivity index (χ0n) is 17.0. The largest absolute Gasteiger partial charge is 0.508 e. The fourth-order valence-corrected chi connectivity index (χ4v) is 4.78. The maximum Gasteiger partial charge on any atom is 0.123 e. The van der Waals surface area contributed by atoms with E-state index < -0.39 is 0 Å². The highest BCUT2D eigenvalue weighted by molar-refractivity contribution is 5.31. The zero-order valence-corrected chi connectivity index (χ0v) is 17.0. The van der Waals surface area contributed by atoms with Gasteiger partial charge in [0, 0.05) is 19.2 Å². The van der Waals surface area contributed by atoms with E-state index in [9.17, 15) is 9.50 Å². The van der Waals surface area contributed by atoms with E-state index in [1.807, 2.05) is 37.4 Å². The van der Waals surface area contributed by atoms with Crippen LogP contribution in [0.5, 0.6) is 5.75 Å². The van der Waals surface area contributed by atoms with Crippen LogP contribution in [-0.4, -0.2) is 24.4 Å². The van der Waals surface area contributed by atoms with Crippen LogP contribution >= 0.6 is 0 Å². The van der Waals surface area contributed by atoms with E-state index in [1.54, 1.807) is 18.2 Å². The highest BCUT2D eigenvalue weighted by Gasteiger charge is 2.44. The van der Waals surface area contributed by atoms with Gasteiger partial charge in [0.1, 0.15) is 11.6 Å². The Kier molecular flexibility index (Phi) is 6.73. The Labute approximate surface area is 167 Å². The van der Waals surface area contributed by atoms with Crippen LogP contribution in [0.4, 0.5) is 4.39 Å². The number of hydrogen-bond donors (Lipinski definition) is 2. The Balaban J connectivity index is 1.75. The number of aromatic hydroxyl groups is 1. The highest BCUT2D eigenvalue weighted by atomic mass is 19.1. The van der Waals surface area contributed by atoms with E-state index >= 15 is 0 Å². The number of phenolic OH excluding ortho intramolecular Hbond substituents is 1. The molecule has 0 aliphatic heterocycles. The van der Waals surface area contributed by atoms with Gasteiger partial charge in [-0.25, -0.2) is 4.39 Å². The number of phenols is 1. The lowest BCUT2D eigenvalue weighted by atomic mass is 9.62. The molecule has 2 atom stereocenters. The molecule has 152 valence electrons. The van der Waals surface area contributed by atoms with Gasteiger partial charge < -0.3 is 15.2 Å². The molecule has 3 rings (SSSR count). The third-order valence-corrected chi connectivity index (χ3v) is 6.57. The van der Waals surface area contributed by atoms with Crippen molar-refractivity contribution >= 4 is 0 Å². The summed E-state index contributed by atoms with van der Waals surface area (Å²) < 4.78 is 19.5. The summed E-state index contributed by atoms with van der Waals surface area (Å²) in [6.07, 6.45) is 6.17. The molecule has 1 aliphatic rings. The van der Waals surface area contributed by atoms with Crippen LogP contribution in [-0.2, 0) is 16.7 Å². The number of hydrogen-bond acceptors (Lipinski definition) is 3. The van der Waals surface area contributed by atoms with Gasteiger partial charge in [0.25, 0.3) is 0 Å². The van der Waals surface area contributed by atoms with Gasteiger partial charge in [0.2, 0.25) is 0 Å². The summed E-state index contributed by atoms with van der Waals surface area (Å²) in [5, 5.41) is 13.4. The first-order valence-electron chi connectivity index (χ1n) is 10.3. The topological polar surface area (TPSA) is 41.5 Å². The van der Waals surface area contributed by atoms with Gasteiger partial charge in [-0.05, 0) is 74.2 Å². The summed E-state index contributed by atoms with van der Waals surface area (Å²) in [6.45, 7) is 3.66. The SMILES string of the molecule is CCC1(OC)CCCC(CCNCc2ccccc2O)(c2ccc(F)cc2)C1. The average Bonchev–Trinajstić information content (AvgIpc) is 2.73. The van der Waals surface area contributed by atoms with Crippen molar-refractivity contribution < 1.29 is 14.2 Å². The summed E-state index contributed by atoms with van der Waals surface area (Å²) >= 11 is 0. The molecule has 0 bridgehead atoms. The maximum absolute atomic E-state index is 13.5. The molecule has 1 aliphatic carbocycles. The molecule has 2 aromatic carbocycles. The van der Waals surface area contributed by atoms with Gasteiger partial charge in [-0.1, -0.05) is 37.3 Å². The lowest BCUT2D eigenvalue weighted by Gasteiger charge is -2.48. The number of nitrogens with one attached hydrogen (secondary N) is 1. The normalized spacial score (nSPS) is 25.0. The van der Waals surface area contributed by atoms with Gasteiger partial charge in [-0.2, -0.15) is 0 Å². The predicted octanol–water partition coefficient (Wildman–Crippen LogP) is 5.32. The van der Waals surface area contributed by atoms with Gasteiger partial charge in [-0.15, -0.1) is 0 Å². The number of para-hydroxylation sites is 1. The molecule has 2 unspecified atom stereocenters. The predicted molar refractivity (Wildman–Crippen MR) is 111 cm³/mol. The maximum atomic E-state index is 13.5. The lowest BCUT2D eigenvalue weighted by Crippen LogP contribution is -2.46. The van der Waals surface area contributed by atoms with E-state index in [0.29, 0.717) is 12.3 Å². The molecular weight excluding hydrogens is 353 g/mol. The summed E-state index contributed by atoms with van der Waals surface area (Å²) in [6, 6.07) is 14.5. The molecule has 1 saturated carbocycles. The van der Waals surface area contributed by atoms with E-state index in [-0.39, 0.29) is 16.8 Å². The van der Waals surface area contributed by atoms with Gasteiger partial charge in [-0.3, -0.25) is 0 Å². The summed E-state index contributed by atoms with van der Waals surface area (Å²) in [4.78, 5) is 0. The van der Waals surface area contributed by atoms with Gasteiger partial charge in [0.05, 0.1) is 5.60 Å². The molecule has 0 aromatic heterocycles. The second-order valence-corrected chi connectivity index (χ2v) is 8.11.